The molecule has 6 nitrogen and oxygen atoms in total. The van der Waals surface area contributed by atoms with Crippen LogP contribution in [0.2, 0.25) is 5.02 Å². The molecule has 4 rings (SSSR count). The topological polar surface area (TPSA) is 79.7 Å². The van der Waals surface area contributed by atoms with Gasteiger partial charge in [-0.2, -0.15) is 0 Å². The van der Waals surface area contributed by atoms with Gasteiger partial charge >= 0.3 is 0 Å². The number of ketones is 1. The fourth-order valence-corrected chi connectivity index (χ4v) is 4.05. The van der Waals surface area contributed by atoms with E-state index in [1.807, 2.05) is 13.8 Å². The van der Waals surface area contributed by atoms with Crippen molar-refractivity contribution in [2.45, 2.75) is 26.3 Å². The maximum Gasteiger partial charge on any atom is 0.300 e. The molecule has 0 radical (unpaired) electrons. The third-order valence-electron chi connectivity index (χ3n) is 5.46. The Labute approximate surface area is 197 Å². The molecule has 1 fully saturated rings. The van der Waals surface area contributed by atoms with Crippen LogP contribution < -0.4 is 9.64 Å². The first-order chi connectivity index (χ1) is 15.9. The normalized spacial score (nSPS) is 17.4. The standard InChI is InChI=1S/C26H23ClN2O4/c1-3-12-33-20-8-4-6-17(13-20)24(30)22-23(18-7-5-11-28-15-18)29(26(32)25(22)31)21-14-19(27)10-9-16(21)2/h4-11,13-15,23,30H,3,12H2,1-2H3/b24-22+. The van der Waals surface area contributed by atoms with E-state index in [0.29, 0.717) is 34.2 Å². The molecule has 1 N–H and O–H groups in total. The van der Waals surface area contributed by atoms with E-state index < -0.39 is 17.7 Å². The summed E-state index contributed by atoms with van der Waals surface area (Å²) in [5.74, 6) is -1.22. The molecule has 0 aliphatic carbocycles. The first kappa shape index (κ1) is 22.6. The molecular formula is C26H23ClN2O4. The van der Waals surface area contributed by atoms with Gasteiger partial charge in [-0.25, -0.2) is 0 Å². The number of carbonyl (C=O) groups is 2. The van der Waals surface area contributed by atoms with Crippen LogP contribution in [-0.2, 0) is 9.59 Å². The predicted octanol–water partition coefficient (Wildman–Crippen LogP) is 5.46. The third-order valence-corrected chi connectivity index (χ3v) is 5.69. The molecule has 0 saturated carbocycles. The third kappa shape index (κ3) is 4.34. The summed E-state index contributed by atoms with van der Waals surface area (Å²) in [6.45, 7) is 4.36. The molecular weight excluding hydrogens is 440 g/mol. The van der Waals surface area contributed by atoms with Gasteiger partial charge in [-0.15, -0.1) is 0 Å². The Bertz CT molecular complexity index is 1240. The fraction of sp³-hybridized carbons (Fsp3) is 0.192. The number of carbonyl (C=O) groups excluding carboxylic acids is 2. The number of hydrogen-bond donors (Lipinski definition) is 1. The molecule has 168 valence electrons. The number of anilines is 1. The second-order valence-corrected chi connectivity index (χ2v) is 8.20. The molecule has 2 heterocycles. The number of ether oxygens (including phenoxy) is 1. The molecule has 0 bridgehead atoms. The maximum absolute atomic E-state index is 13.3. The molecule has 1 atom stereocenters. The zero-order valence-corrected chi connectivity index (χ0v) is 19.0. The lowest BCUT2D eigenvalue weighted by atomic mass is 9.96. The number of hydrogen-bond acceptors (Lipinski definition) is 5. The monoisotopic (exact) mass is 462 g/mol. The summed E-state index contributed by atoms with van der Waals surface area (Å²) < 4.78 is 5.67. The predicted molar refractivity (Wildman–Crippen MR) is 127 cm³/mol. The van der Waals surface area contributed by atoms with E-state index in [-0.39, 0.29) is 11.3 Å². The van der Waals surface area contributed by atoms with Gasteiger partial charge in [0.1, 0.15) is 11.5 Å². The Balaban J connectivity index is 1.91. The van der Waals surface area contributed by atoms with E-state index >= 15 is 0 Å². The van der Waals surface area contributed by atoms with Gasteiger partial charge < -0.3 is 9.84 Å². The first-order valence-electron chi connectivity index (χ1n) is 10.6. The van der Waals surface area contributed by atoms with Crippen LogP contribution in [0.25, 0.3) is 5.76 Å². The van der Waals surface area contributed by atoms with Gasteiger partial charge in [-0.05, 0) is 54.8 Å². The number of halogens is 1. The van der Waals surface area contributed by atoms with E-state index in [2.05, 4.69) is 4.98 Å². The lowest BCUT2D eigenvalue weighted by molar-refractivity contribution is -0.132. The van der Waals surface area contributed by atoms with Crippen molar-refractivity contribution >= 4 is 34.7 Å². The molecule has 1 aliphatic rings. The second kappa shape index (κ2) is 9.46. The fourth-order valence-electron chi connectivity index (χ4n) is 3.88. The van der Waals surface area contributed by atoms with Crippen molar-refractivity contribution in [1.29, 1.82) is 0 Å². The van der Waals surface area contributed by atoms with Crippen molar-refractivity contribution in [3.05, 3.63) is 94.3 Å². The highest BCUT2D eigenvalue weighted by Gasteiger charge is 2.47. The number of aliphatic hydroxyl groups excluding tert-OH is 1. The molecule has 1 aliphatic heterocycles. The summed E-state index contributed by atoms with van der Waals surface area (Å²) in [5.41, 5.74) is 2.23. The summed E-state index contributed by atoms with van der Waals surface area (Å²) in [6.07, 6.45) is 4.02. The highest BCUT2D eigenvalue weighted by molar-refractivity contribution is 6.52. The van der Waals surface area contributed by atoms with Gasteiger partial charge in [0.15, 0.2) is 0 Å². The van der Waals surface area contributed by atoms with Crippen LogP contribution in [0.4, 0.5) is 5.69 Å². The summed E-state index contributed by atoms with van der Waals surface area (Å²) in [4.78, 5) is 32.0. The zero-order valence-electron chi connectivity index (χ0n) is 18.3. The van der Waals surface area contributed by atoms with Crippen molar-refractivity contribution in [1.82, 2.24) is 4.98 Å². The van der Waals surface area contributed by atoms with Gasteiger partial charge in [0.2, 0.25) is 0 Å². The largest absolute Gasteiger partial charge is 0.507 e. The van der Waals surface area contributed by atoms with Crippen LogP contribution in [0.15, 0.2) is 72.6 Å². The second-order valence-electron chi connectivity index (χ2n) is 7.76. The highest BCUT2D eigenvalue weighted by Crippen LogP contribution is 2.43. The molecule has 1 aromatic heterocycles. The molecule has 7 heteroatoms. The van der Waals surface area contributed by atoms with Gasteiger partial charge in [-0.3, -0.25) is 19.5 Å². The lowest BCUT2D eigenvalue weighted by Gasteiger charge is -2.26. The smallest absolute Gasteiger partial charge is 0.300 e. The van der Waals surface area contributed by atoms with Gasteiger partial charge in [0.25, 0.3) is 11.7 Å². The Morgan fingerprint density at radius 3 is 2.70 bits per heavy atom. The molecule has 0 spiro atoms. The number of nitrogens with zero attached hydrogens (tertiary/aromatic N) is 2. The van der Waals surface area contributed by atoms with Crippen molar-refractivity contribution in [3.8, 4) is 5.75 Å². The van der Waals surface area contributed by atoms with Gasteiger partial charge in [0.05, 0.1) is 18.2 Å². The molecule has 1 amide bonds. The molecule has 33 heavy (non-hydrogen) atoms. The number of aromatic nitrogens is 1. The quantitative estimate of drug-likeness (QED) is 0.299. The van der Waals surface area contributed by atoms with E-state index in [0.717, 1.165) is 12.0 Å². The Kier molecular flexibility index (Phi) is 6.47. The number of amides is 1. The van der Waals surface area contributed by atoms with Gasteiger partial charge in [0, 0.05) is 28.7 Å². The highest BCUT2D eigenvalue weighted by atomic mass is 35.5. The molecule has 1 saturated heterocycles. The number of benzene rings is 2. The van der Waals surface area contributed by atoms with E-state index in [1.54, 1.807) is 67.0 Å². The van der Waals surface area contributed by atoms with E-state index in [4.69, 9.17) is 16.3 Å². The van der Waals surface area contributed by atoms with Crippen LogP contribution >= 0.6 is 11.6 Å². The zero-order chi connectivity index (χ0) is 23.5. The number of aliphatic hydroxyl groups is 1. The number of rotatable bonds is 6. The van der Waals surface area contributed by atoms with Gasteiger partial charge in [-0.1, -0.05) is 42.8 Å². The first-order valence-corrected chi connectivity index (χ1v) is 11.0. The van der Waals surface area contributed by atoms with E-state index in [9.17, 15) is 14.7 Å². The number of Topliss-reactive ketones (excluding diaryl/α,β-unsaturated/α-hetero) is 1. The average molecular weight is 463 g/mol. The summed E-state index contributed by atoms with van der Waals surface area (Å²) in [6, 6.07) is 14.6. The van der Waals surface area contributed by atoms with Crippen LogP contribution in [-0.4, -0.2) is 28.4 Å². The van der Waals surface area contributed by atoms with Crippen LogP contribution in [0.3, 0.4) is 0 Å². The van der Waals surface area contributed by atoms with Crippen molar-refractivity contribution < 1.29 is 19.4 Å². The SMILES string of the molecule is CCCOc1cccc(/C(O)=C2\C(=O)C(=O)N(c3cc(Cl)ccc3C)C2c2cccnc2)c1. The Hall–Kier alpha value is -3.64. The van der Waals surface area contributed by atoms with Crippen molar-refractivity contribution in [2.75, 3.05) is 11.5 Å². The Morgan fingerprint density at radius 2 is 1.97 bits per heavy atom. The van der Waals surface area contributed by atoms with Crippen molar-refractivity contribution in [3.63, 3.8) is 0 Å². The summed E-state index contributed by atoms with van der Waals surface area (Å²) >= 11 is 6.22. The minimum Gasteiger partial charge on any atom is -0.507 e. The summed E-state index contributed by atoms with van der Waals surface area (Å²) in [7, 11) is 0. The van der Waals surface area contributed by atoms with Crippen LogP contribution in [0.5, 0.6) is 5.75 Å². The maximum atomic E-state index is 13.3. The van der Waals surface area contributed by atoms with Crippen LogP contribution in [0, 0.1) is 6.92 Å². The Morgan fingerprint density at radius 1 is 1.15 bits per heavy atom. The minimum absolute atomic E-state index is 0.0139. The molecule has 1 unspecified atom stereocenters. The van der Waals surface area contributed by atoms with Crippen LogP contribution in [0.1, 0.15) is 36.1 Å². The minimum atomic E-state index is -0.865. The average Bonchev–Trinajstić information content (AvgIpc) is 3.10. The number of aryl methyl sites for hydroxylation is 1. The van der Waals surface area contributed by atoms with E-state index in [1.165, 1.54) is 4.90 Å². The molecule has 3 aromatic rings. The summed E-state index contributed by atoms with van der Waals surface area (Å²) in [5, 5.41) is 11.7. The number of pyridine rings is 1. The molecule has 2 aromatic carbocycles. The lowest BCUT2D eigenvalue weighted by Crippen LogP contribution is -2.30. The van der Waals surface area contributed by atoms with Crippen molar-refractivity contribution in [2.24, 2.45) is 0 Å².